The minimum atomic E-state index is -0.239. The third-order valence-corrected chi connectivity index (χ3v) is 5.03. The molecule has 0 saturated heterocycles. The molecule has 1 aromatic heterocycles. The fraction of sp³-hybridized carbons (Fsp3) is 0.353. The van der Waals surface area contributed by atoms with Crippen LogP contribution in [0.4, 0.5) is 0 Å². The van der Waals surface area contributed by atoms with Gasteiger partial charge in [0.25, 0.3) is 5.91 Å². The molecule has 140 valence electrons. The minimum absolute atomic E-state index is 0.0375. The molecule has 1 atom stereocenters. The molecule has 3 N–H and O–H groups in total. The van der Waals surface area contributed by atoms with Crippen molar-refractivity contribution in [1.82, 2.24) is 20.7 Å². The Morgan fingerprint density at radius 2 is 2.00 bits per heavy atom. The second-order valence-corrected chi connectivity index (χ2v) is 7.75. The van der Waals surface area contributed by atoms with Gasteiger partial charge in [-0.2, -0.15) is 0 Å². The normalized spacial score (nSPS) is 11.7. The Balaban J connectivity index is 1.97. The number of benzene rings is 1. The van der Waals surface area contributed by atoms with Gasteiger partial charge in [-0.05, 0) is 43.8 Å². The van der Waals surface area contributed by atoms with E-state index in [0.717, 1.165) is 11.3 Å². The van der Waals surface area contributed by atoms with Gasteiger partial charge in [-0.25, -0.2) is 0 Å². The number of thiocarbonyl (C=S) groups is 1. The smallest absolute Gasteiger partial charge is 0.258 e. The van der Waals surface area contributed by atoms with E-state index in [0.29, 0.717) is 15.7 Å². The van der Waals surface area contributed by atoms with Crippen LogP contribution < -0.4 is 16.2 Å². The molecule has 0 aliphatic rings. The van der Waals surface area contributed by atoms with Crippen molar-refractivity contribution in [2.75, 3.05) is 13.7 Å². The van der Waals surface area contributed by atoms with E-state index in [4.69, 9.17) is 29.2 Å². The first-order chi connectivity index (χ1) is 12.4. The van der Waals surface area contributed by atoms with E-state index in [2.05, 4.69) is 16.2 Å². The van der Waals surface area contributed by atoms with Gasteiger partial charge in [-0.15, -0.1) is 11.3 Å². The Kier molecular flexibility index (Phi) is 7.70. The van der Waals surface area contributed by atoms with Crippen LogP contribution >= 0.6 is 35.8 Å². The van der Waals surface area contributed by atoms with Crippen LogP contribution in [0.1, 0.15) is 12.5 Å². The molecule has 2 aromatic rings. The number of aryl methyl sites for hydroxylation is 1. The molecule has 0 bridgehead atoms. The molecule has 0 aliphatic heterocycles. The number of carbonyl (C=O) groups is 1. The molecule has 0 unspecified atom stereocenters. The summed E-state index contributed by atoms with van der Waals surface area (Å²) >= 11 is 11.9. The quantitative estimate of drug-likeness (QED) is 0.503. The van der Waals surface area contributed by atoms with Crippen LogP contribution in [0.3, 0.4) is 0 Å². The SMILES string of the molecule is COC[C@@H](C)NC(=S)NNC(=O)Cn1c(-c2ccc(C)cc2)csc1=S. The molecule has 1 aromatic carbocycles. The van der Waals surface area contributed by atoms with E-state index in [-0.39, 0.29) is 18.5 Å². The average molecular weight is 411 g/mol. The maximum absolute atomic E-state index is 12.3. The number of rotatable bonds is 6. The van der Waals surface area contributed by atoms with Crippen LogP contribution in [0, 0.1) is 10.9 Å². The van der Waals surface area contributed by atoms with E-state index in [1.54, 1.807) is 7.11 Å². The predicted octanol–water partition coefficient (Wildman–Crippen LogP) is 2.78. The highest BCUT2D eigenvalue weighted by molar-refractivity contribution is 7.80. The summed E-state index contributed by atoms with van der Waals surface area (Å²) in [6.45, 7) is 4.58. The van der Waals surface area contributed by atoms with Crippen molar-refractivity contribution in [3.8, 4) is 11.3 Å². The van der Waals surface area contributed by atoms with Crippen molar-refractivity contribution in [3.05, 3.63) is 39.2 Å². The third-order valence-electron chi connectivity index (χ3n) is 3.54. The number of thiazole rings is 1. The summed E-state index contributed by atoms with van der Waals surface area (Å²) in [5, 5.41) is 5.30. The lowest BCUT2D eigenvalue weighted by atomic mass is 10.1. The highest BCUT2D eigenvalue weighted by atomic mass is 32.1. The highest BCUT2D eigenvalue weighted by Gasteiger charge is 2.11. The number of amides is 1. The Hall–Kier alpha value is -1.81. The summed E-state index contributed by atoms with van der Waals surface area (Å²) in [4.78, 5) is 12.3. The maximum Gasteiger partial charge on any atom is 0.258 e. The number of nitrogens with one attached hydrogen (secondary N) is 3. The standard InChI is InChI=1S/C17H22N4O2S3/c1-11-4-6-13(7-5-11)14-10-26-17(25)21(14)8-15(22)19-20-16(24)18-12(2)9-23-3/h4-7,10,12H,8-9H2,1-3H3,(H,19,22)(H2,18,20,24)/t12-/m1/s1. The number of methoxy groups -OCH3 is 1. The van der Waals surface area contributed by atoms with Crippen LogP contribution in [-0.4, -0.2) is 35.3 Å². The van der Waals surface area contributed by atoms with E-state index in [1.165, 1.54) is 16.9 Å². The minimum Gasteiger partial charge on any atom is -0.383 e. The molecule has 0 aliphatic carbocycles. The second-order valence-electron chi connectivity index (χ2n) is 5.84. The molecule has 2 rings (SSSR count). The summed E-state index contributed by atoms with van der Waals surface area (Å²) in [6.07, 6.45) is 0. The lowest BCUT2D eigenvalue weighted by Gasteiger charge is -2.17. The Labute approximate surface area is 167 Å². The zero-order chi connectivity index (χ0) is 19.1. The molecule has 0 radical (unpaired) electrons. The van der Waals surface area contributed by atoms with Gasteiger partial charge in [-0.3, -0.25) is 15.6 Å². The van der Waals surface area contributed by atoms with Gasteiger partial charge in [0.1, 0.15) is 6.54 Å². The average Bonchev–Trinajstić information content (AvgIpc) is 2.95. The monoisotopic (exact) mass is 410 g/mol. The van der Waals surface area contributed by atoms with Gasteiger partial charge in [0, 0.05) is 18.5 Å². The number of ether oxygens (including phenoxy) is 1. The van der Waals surface area contributed by atoms with Crippen molar-refractivity contribution < 1.29 is 9.53 Å². The van der Waals surface area contributed by atoms with Crippen LogP contribution in [0.2, 0.25) is 0 Å². The second kappa shape index (κ2) is 9.77. The van der Waals surface area contributed by atoms with E-state index >= 15 is 0 Å². The van der Waals surface area contributed by atoms with Gasteiger partial charge in [0.05, 0.1) is 12.3 Å². The molecule has 0 fully saturated rings. The van der Waals surface area contributed by atoms with Crippen LogP contribution in [0.25, 0.3) is 11.3 Å². The molecule has 0 spiro atoms. The number of hydrogen-bond donors (Lipinski definition) is 3. The van der Waals surface area contributed by atoms with Crippen molar-refractivity contribution in [3.63, 3.8) is 0 Å². The lowest BCUT2D eigenvalue weighted by Crippen LogP contribution is -2.50. The Morgan fingerprint density at radius 1 is 1.31 bits per heavy atom. The zero-order valence-electron chi connectivity index (χ0n) is 14.9. The Morgan fingerprint density at radius 3 is 2.65 bits per heavy atom. The van der Waals surface area contributed by atoms with E-state index < -0.39 is 0 Å². The summed E-state index contributed by atoms with van der Waals surface area (Å²) < 4.78 is 7.48. The number of nitrogens with zero attached hydrogens (tertiary/aromatic N) is 1. The fourth-order valence-corrected chi connectivity index (χ4v) is 3.62. The molecule has 1 heterocycles. The molecule has 26 heavy (non-hydrogen) atoms. The number of aromatic nitrogens is 1. The number of hydrazine groups is 1. The predicted molar refractivity (Wildman–Crippen MR) is 112 cm³/mol. The number of hydrogen-bond acceptors (Lipinski definition) is 5. The van der Waals surface area contributed by atoms with Gasteiger partial charge in [-0.1, -0.05) is 29.8 Å². The van der Waals surface area contributed by atoms with Gasteiger partial charge >= 0.3 is 0 Å². The zero-order valence-corrected chi connectivity index (χ0v) is 17.3. The van der Waals surface area contributed by atoms with Gasteiger partial charge in [0.2, 0.25) is 0 Å². The summed E-state index contributed by atoms with van der Waals surface area (Å²) in [5.41, 5.74) is 8.40. The van der Waals surface area contributed by atoms with Crippen molar-refractivity contribution in [2.24, 2.45) is 0 Å². The van der Waals surface area contributed by atoms with Crippen molar-refractivity contribution in [2.45, 2.75) is 26.4 Å². The van der Waals surface area contributed by atoms with Gasteiger partial charge in [0.15, 0.2) is 9.07 Å². The summed E-state index contributed by atoms with van der Waals surface area (Å²) in [5.74, 6) is -0.239. The Bertz CT molecular complexity index is 814. The summed E-state index contributed by atoms with van der Waals surface area (Å²) in [7, 11) is 1.62. The first-order valence-corrected chi connectivity index (χ1v) is 9.70. The van der Waals surface area contributed by atoms with E-state index in [1.807, 2.05) is 48.1 Å². The van der Waals surface area contributed by atoms with Crippen LogP contribution in [-0.2, 0) is 16.1 Å². The van der Waals surface area contributed by atoms with Crippen LogP contribution in [0.15, 0.2) is 29.6 Å². The first-order valence-electron chi connectivity index (χ1n) is 8.00. The molecule has 0 saturated carbocycles. The molecule has 9 heteroatoms. The fourth-order valence-electron chi connectivity index (χ4n) is 2.29. The van der Waals surface area contributed by atoms with Crippen LogP contribution in [0.5, 0.6) is 0 Å². The molecular weight excluding hydrogens is 388 g/mol. The largest absolute Gasteiger partial charge is 0.383 e. The molecule has 1 amide bonds. The lowest BCUT2D eigenvalue weighted by molar-refractivity contribution is -0.122. The van der Waals surface area contributed by atoms with Gasteiger partial charge < -0.3 is 14.6 Å². The third kappa shape index (κ3) is 5.87. The molecular formula is C17H22N4O2S3. The highest BCUT2D eigenvalue weighted by Crippen LogP contribution is 2.24. The summed E-state index contributed by atoms with van der Waals surface area (Å²) in [6, 6.07) is 8.15. The number of carbonyl (C=O) groups excluding carboxylic acids is 1. The van der Waals surface area contributed by atoms with Crippen molar-refractivity contribution in [1.29, 1.82) is 0 Å². The topological polar surface area (TPSA) is 67.3 Å². The van der Waals surface area contributed by atoms with Crippen molar-refractivity contribution >= 4 is 46.8 Å². The first kappa shape index (κ1) is 20.5. The molecule has 6 nitrogen and oxygen atoms in total. The maximum atomic E-state index is 12.3. The van der Waals surface area contributed by atoms with E-state index in [9.17, 15) is 4.79 Å².